The summed E-state index contributed by atoms with van der Waals surface area (Å²) in [5.74, 6) is -0.830. The van der Waals surface area contributed by atoms with Crippen molar-refractivity contribution in [3.8, 4) is 0 Å². The third-order valence-electron chi connectivity index (χ3n) is 9.18. The Morgan fingerprint density at radius 3 is 1.94 bits per heavy atom. The van der Waals surface area contributed by atoms with Gasteiger partial charge in [0.25, 0.3) is 0 Å². The highest BCUT2D eigenvalue weighted by Crippen LogP contribution is 2.27. The van der Waals surface area contributed by atoms with E-state index in [2.05, 4.69) is 13.8 Å². The fourth-order valence-corrected chi connectivity index (χ4v) is 6.07. The van der Waals surface area contributed by atoms with E-state index in [-0.39, 0.29) is 36.6 Å². The average molecular weight is 675 g/mol. The molecule has 4 atom stereocenters. The summed E-state index contributed by atoms with van der Waals surface area (Å²) in [6.45, 7) is 3.87. The van der Waals surface area contributed by atoms with Gasteiger partial charge in [0.05, 0.1) is 12.7 Å². The van der Waals surface area contributed by atoms with Crippen LogP contribution in [0, 0.1) is 11.8 Å². The zero-order valence-corrected chi connectivity index (χ0v) is 30.6. The van der Waals surface area contributed by atoms with Crippen LogP contribution >= 0.6 is 0 Å². The van der Waals surface area contributed by atoms with E-state index in [4.69, 9.17) is 9.47 Å². The maximum Gasteiger partial charge on any atom is 0.306 e. The molecule has 0 fully saturated rings. The highest BCUT2D eigenvalue weighted by Gasteiger charge is 2.27. The molecule has 2 N–H and O–H groups in total. The molecule has 276 valence electrons. The van der Waals surface area contributed by atoms with Gasteiger partial charge in [-0.2, -0.15) is 0 Å². The monoisotopic (exact) mass is 675 g/mol. The number of ketones is 1. The second-order valence-corrected chi connectivity index (χ2v) is 13.7. The molecule has 0 aromatic carbocycles. The van der Waals surface area contributed by atoms with Gasteiger partial charge in [0, 0.05) is 18.8 Å². The highest BCUT2D eigenvalue weighted by atomic mass is 16.6. The van der Waals surface area contributed by atoms with Crippen molar-refractivity contribution >= 4 is 17.7 Å². The normalized spacial score (nSPS) is 17.5. The van der Waals surface area contributed by atoms with E-state index >= 15 is 0 Å². The molecule has 1 aliphatic rings. The van der Waals surface area contributed by atoms with Crippen LogP contribution in [0.25, 0.3) is 0 Å². The molecule has 0 aromatic rings. The summed E-state index contributed by atoms with van der Waals surface area (Å²) < 4.78 is 10.6. The van der Waals surface area contributed by atoms with Crippen LogP contribution in [-0.2, 0) is 23.9 Å². The Balaban J connectivity index is 2.07. The van der Waals surface area contributed by atoms with Gasteiger partial charge in [-0.3, -0.25) is 14.4 Å². The van der Waals surface area contributed by atoms with Crippen molar-refractivity contribution < 1.29 is 34.1 Å². The molecule has 1 aliphatic carbocycles. The molecule has 48 heavy (non-hydrogen) atoms. The standard InChI is InChI=1S/C41H70O7/c1-3-5-7-8-9-10-11-12-13-14-15-16-17-18-23-27-40(45)47-34-37(33-42)48-41(46)28-24-20-19-22-25-35-29-32-39(44)38(35)31-30-36(43)26-21-6-4-2/h19,22,29-32,35-38,42-43H,3-18,20-21,23-28,33-34H2,1-2H3/b22-19-,31-30+/t35-,36-,37-,38+/m0/s1. The highest BCUT2D eigenvalue weighted by molar-refractivity contribution is 5.95. The molecular weight excluding hydrogens is 604 g/mol. The van der Waals surface area contributed by atoms with Crippen molar-refractivity contribution in [2.75, 3.05) is 13.2 Å². The number of ether oxygens (including phenoxy) is 2. The minimum Gasteiger partial charge on any atom is -0.462 e. The number of aliphatic hydroxyl groups is 2. The van der Waals surface area contributed by atoms with Gasteiger partial charge in [-0.25, -0.2) is 0 Å². The number of allylic oxidation sites excluding steroid dienone is 5. The molecule has 0 unspecified atom stereocenters. The summed E-state index contributed by atoms with van der Waals surface area (Å²) >= 11 is 0. The second kappa shape index (κ2) is 30.8. The molecule has 0 saturated carbocycles. The average Bonchev–Trinajstić information content (AvgIpc) is 3.43. The minimum atomic E-state index is -0.847. The third-order valence-corrected chi connectivity index (χ3v) is 9.18. The summed E-state index contributed by atoms with van der Waals surface area (Å²) in [5.41, 5.74) is 0. The van der Waals surface area contributed by atoms with Gasteiger partial charge >= 0.3 is 11.9 Å². The first-order chi connectivity index (χ1) is 23.4. The summed E-state index contributed by atoms with van der Waals surface area (Å²) in [6, 6.07) is 0. The predicted molar refractivity (Wildman–Crippen MR) is 195 cm³/mol. The molecule has 7 heteroatoms. The number of carbonyl (C=O) groups excluding carboxylic acids is 3. The van der Waals surface area contributed by atoms with Crippen molar-refractivity contribution in [3.63, 3.8) is 0 Å². The molecule has 0 aliphatic heterocycles. The number of unbranched alkanes of at least 4 members (excludes halogenated alkanes) is 17. The molecule has 1 rings (SSSR count). The van der Waals surface area contributed by atoms with Crippen LogP contribution in [0.1, 0.15) is 168 Å². The van der Waals surface area contributed by atoms with E-state index in [0.29, 0.717) is 25.7 Å². The Bertz CT molecular complexity index is 908. The van der Waals surface area contributed by atoms with Crippen molar-refractivity contribution in [2.24, 2.45) is 11.8 Å². The lowest BCUT2D eigenvalue weighted by Crippen LogP contribution is -2.28. The van der Waals surface area contributed by atoms with Crippen LogP contribution in [0.4, 0.5) is 0 Å². The Morgan fingerprint density at radius 2 is 1.33 bits per heavy atom. The number of aliphatic hydroxyl groups excluding tert-OH is 2. The van der Waals surface area contributed by atoms with Gasteiger partial charge in [-0.05, 0) is 44.1 Å². The zero-order valence-electron chi connectivity index (χ0n) is 30.6. The smallest absolute Gasteiger partial charge is 0.306 e. The Hall–Kier alpha value is -2.25. The first kappa shape index (κ1) is 43.8. The molecule has 0 amide bonds. The van der Waals surface area contributed by atoms with Crippen LogP contribution in [0.3, 0.4) is 0 Å². The van der Waals surface area contributed by atoms with Crippen LogP contribution < -0.4 is 0 Å². The van der Waals surface area contributed by atoms with Crippen molar-refractivity contribution in [1.82, 2.24) is 0 Å². The molecule has 0 spiro atoms. The first-order valence-electron chi connectivity index (χ1n) is 19.6. The topological polar surface area (TPSA) is 110 Å². The second-order valence-electron chi connectivity index (χ2n) is 13.7. The lowest BCUT2D eigenvalue weighted by atomic mass is 9.90. The van der Waals surface area contributed by atoms with Gasteiger partial charge in [-0.1, -0.05) is 153 Å². The Morgan fingerprint density at radius 1 is 0.771 bits per heavy atom. The molecule has 0 radical (unpaired) electrons. The molecular formula is C41H70O7. The first-order valence-corrected chi connectivity index (χ1v) is 19.6. The molecule has 0 saturated heterocycles. The predicted octanol–water partition coefficient (Wildman–Crippen LogP) is 9.68. The lowest BCUT2D eigenvalue weighted by molar-refractivity contribution is -0.161. The molecule has 0 bridgehead atoms. The van der Waals surface area contributed by atoms with Crippen molar-refractivity contribution in [1.29, 1.82) is 0 Å². The van der Waals surface area contributed by atoms with Gasteiger partial charge in [0.15, 0.2) is 11.9 Å². The van der Waals surface area contributed by atoms with Gasteiger partial charge in [0.1, 0.15) is 6.61 Å². The maximum atomic E-state index is 12.3. The number of esters is 2. The summed E-state index contributed by atoms with van der Waals surface area (Å²) in [7, 11) is 0. The van der Waals surface area contributed by atoms with E-state index in [1.54, 1.807) is 12.2 Å². The SMILES string of the molecule is CCCCCCCCCCCCCCCCCC(=O)OC[C@H](CO)OC(=O)CCC/C=C\C[C@H]1C=CC(=O)[C@@H]1/C=C/[C@@H](O)CCCCC. The van der Waals surface area contributed by atoms with E-state index in [0.717, 1.165) is 44.9 Å². The molecule has 7 nitrogen and oxygen atoms in total. The van der Waals surface area contributed by atoms with Crippen LogP contribution in [0.5, 0.6) is 0 Å². The van der Waals surface area contributed by atoms with E-state index in [1.807, 2.05) is 24.3 Å². The van der Waals surface area contributed by atoms with Crippen LogP contribution in [0.2, 0.25) is 0 Å². The molecule has 0 aromatic heterocycles. The summed E-state index contributed by atoms with van der Waals surface area (Å²) in [4.78, 5) is 36.6. The van der Waals surface area contributed by atoms with Crippen molar-refractivity contribution in [2.45, 2.75) is 180 Å². The minimum absolute atomic E-state index is 0.0716. The van der Waals surface area contributed by atoms with Gasteiger partial charge in [-0.15, -0.1) is 0 Å². The van der Waals surface area contributed by atoms with E-state index < -0.39 is 24.8 Å². The number of carbonyl (C=O) groups is 3. The maximum absolute atomic E-state index is 12.3. The zero-order chi connectivity index (χ0) is 35.1. The Labute approximate surface area is 293 Å². The fraction of sp³-hybridized carbons (Fsp3) is 0.780. The number of hydrogen-bond donors (Lipinski definition) is 2. The third kappa shape index (κ3) is 24.0. The lowest BCUT2D eigenvalue weighted by Gasteiger charge is -2.15. The van der Waals surface area contributed by atoms with E-state index in [9.17, 15) is 24.6 Å². The number of rotatable bonds is 32. The van der Waals surface area contributed by atoms with Crippen molar-refractivity contribution in [3.05, 3.63) is 36.5 Å². The van der Waals surface area contributed by atoms with E-state index in [1.165, 1.54) is 77.0 Å². The largest absolute Gasteiger partial charge is 0.462 e. The van der Waals surface area contributed by atoms with Crippen LogP contribution in [-0.4, -0.2) is 53.4 Å². The quantitative estimate of drug-likeness (QED) is 0.0415. The van der Waals surface area contributed by atoms with Gasteiger partial charge in [0.2, 0.25) is 0 Å². The summed E-state index contributed by atoms with van der Waals surface area (Å²) in [6.07, 6.45) is 35.4. The fourth-order valence-electron chi connectivity index (χ4n) is 6.07. The van der Waals surface area contributed by atoms with Crippen LogP contribution in [0.15, 0.2) is 36.5 Å². The van der Waals surface area contributed by atoms with Gasteiger partial charge < -0.3 is 19.7 Å². The summed E-state index contributed by atoms with van der Waals surface area (Å²) in [5, 5.41) is 19.7. The molecule has 0 heterocycles. The Kier molecular flexibility index (Phi) is 28.1. The number of hydrogen-bond acceptors (Lipinski definition) is 7.